The quantitative estimate of drug-likeness (QED) is 0.755. The highest BCUT2D eigenvalue weighted by Gasteiger charge is 2.04. The van der Waals surface area contributed by atoms with Gasteiger partial charge in [0.2, 0.25) is 5.91 Å². The maximum Gasteiger partial charge on any atom is 0.221 e. The van der Waals surface area contributed by atoms with Gasteiger partial charge in [0.1, 0.15) is 0 Å². The molecule has 70 valence electrons. The number of carbonyl (C=O) groups excluding carboxylic acids is 1. The van der Waals surface area contributed by atoms with Gasteiger partial charge >= 0.3 is 0 Å². The number of rotatable bonds is 3. The molecule has 0 heterocycles. The Kier molecular flexibility index (Phi) is 2.84. The van der Waals surface area contributed by atoms with Gasteiger partial charge in [-0.25, -0.2) is 4.39 Å². The zero-order valence-electron chi connectivity index (χ0n) is 7.21. The molecule has 0 aliphatic carbocycles. The molecule has 0 spiro atoms. The Hall–Kier alpha value is -1.58. The van der Waals surface area contributed by atoms with Gasteiger partial charge in [-0.3, -0.25) is 4.79 Å². The summed E-state index contributed by atoms with van der Waals surface area (Å²) in [6, 6.07) is 4.21. The van der Waals surface area contributed by atoms with Crippen molar-refractivity contribution in [1.82, 2.24) is 0 Å². The first-order valence-corrected chi connectivity index (χ1v) is 3.74. The molecule has 1 amide bonds. The van der Waals surface area contributed by atoms with Gasteiger partial charge in [0.25, 0.3) is 0 Å². The Labute approximate surface area is 75.3 Å². The molecule has 0 atom stereocenters. The predicted molar refractivity (Wildman–Crippen MR) is 45.9 cm³/mol. The molecule has 0 bridgehead atoms. The van der Waals surface area contributed by atoms with Gasteiger partial charge in [0, 0.05) is 0 Å². The zero-order chi connectivity index (χ0) is 9.84. The van der Waals surface area contributed by atoms with Crippen LogP contribution in [-0.2, 0) is 11.2 Å². The molecule has 0 aliphatic rings. The van der Waals surface area contributed by atoms with Crippen molar-refractivity contribution in [2.45, 2.75) is 6.42 Å². The van der Waals surface area contributed by atoms with Gasteiger partial charge in [0.15, 0.2) is 11.6 Å². The Morgan fingerprint density at radius 2 is 2.31 bits per heavy atom. The van der Waals surface area contributed by atoms with Crippen molar-refractivity contribution in [1.29, 1.82) is 0 Å². The van der Waals surface area contributed by atoms with Crippen molar-refractivity contribution in [3.05, 3.63) is 29.6 Å². The molecule has 0 saturated heterocycles. The standard InChI is InChI=1S/C9H10FNO2/c1-13-8-4-6(5-9(11)12)2-3-7(8)10/h2-4H,5H2,1H3,(H2,11,12). The summed E-state index contributed by atoms with van der Waals surface area (Å²) in [6.07, 6.45) is 0.0939. The summed E-state index contributed by atoms with van der Waals surface area (Å²) in [5, 5.41) is 0. The SMILES string of the molecule is COc1cc(CC(N)=O)ccc1F. The molecule has 1 aromatic rings. The van der Waals surface area contributed by atoms with E-state index in [2.05, 4.69) is 0 Å². The number of benzene rings is 1. The molecule has 3 nitrogen and oxygen atoms in total. The number of hydrogen-bond donors (Lipinski definition) is 1. The van der Waals surface area contributed by atoms with Gasteiger partial charge in [-0.2, -0.15) is 0 Å². The second-order valence-electron chi connectivity index (χ2n) is 2.61. The highest BCUT2D eigenvalue weighted by Crippen LogP contribution is 2.18. The highest BCUT2D eigenvalue weighted by molar-refractivity contribution is 5.76. The van der Waals surface area contributed by atoms with Crippen LogP contribution in [0.2, 0.25) is 0 Å². The molecule has 0 fully saturated rings. The van der Waals surface area contributed by atoms with E-state index in [9.17, 15) is 9.18 Å². The number of nitrogens with two attached hydrogens (primary N) is 1. The first kappa shape index (κ1) is 9.51. The van der Waals surface area contributed by atoms with Crippen LogP contribution in [0, 0.1) is 5.82 Å². The van der Waals surface area contributed by atoms with Crippen LogP contribution in [0.25, 0.3) is 0 Å². The smallest absolute Gasteiger partial charge is 0.221 e. The number of amides is 1. The molecule has 0 unspecified atom stereocenters. The van der Waals surface area contributed by atoms with Gasteiger partial charge in [-0.05, 0) is 17.7 Å². The molecule has 1 rings (SSSR count). The van der Waals surface area contributed by atoms with Crippen LogP contribution in [0.1, 0.15) is 5.56 Å². The molecule has 0 saturated carbocycles. The Balaban J connectivity index is 2.92. The van der Waals surface area contributed by atoms with Crippen molar-refractivity contribution in [2.24, 2.45) is 5.73 Å². The maximum atomic E-state index is 12.9. The van der Waals surface area contributed by atoms with E-state index in [-0.39, 0.29) is 12.2 Å². The number of primary amides is 1. The van der Waals surface area contributed by atoms with E-state index in [0.717, 1.165) is 0 Å². The number of halogens is 1. The van der Waals surface area contributed by atoms with Gasteiger partial charge in [0.05, 0.1) is 13.5 Å². The van der Waals surface area contributed by atoms with Crippen molar-refractivity contribution in [3.63, 3.8) is 0 Å². The van der Waals surface area contributed by atoms with Crippen molar-refractivity contribution in [3.8, 4) is 5.75 Å². The molecule has 13 heavy (non-hydrogen) atoms. The maximum absolute atomic E-state index is 12.9. The summed E-state index contributed by atoms with van der Waals surface area (Å²) < 4.78 is 17.6. The largest absolute Gasteiger partial charge is 0.494 e. The van der Waals surface area contributed by atoms with E-state index in [4.69, 9.17) is 10.5 Å². The molecule has 0 aliphatic heterocycles. The first-order valence-electron chi connectivity index (χ1n) is 3.74. The van der Waals surface area contributed by atoms with E-state index in [0.29, 0.717) is 5.56 Å². The van der Waals surface area contributed by atoms with Crippen LogP contribution in [0.3, 0.4) is 0 Å². The lowest BCUT2D eigenvalue weighted by molar-refractivity contribution is -0.117. The lowest BCUT2D eigenvalue weighted by atomic mass is 10.1. The van der Waals surface area contributed by atoms with Gasteiger partial charge in [-0.1, -0.05) is 6.07 Å². The normalized spacial score (nSPS) is 9.69. The van der Waals surface area contributed by atoms with Crippen LogP contribution in [0.15, 0.2) is 18.2 Å². The van der Waals surface area contributed by atoms with E-state index in [1.165, 1.54) is 25.3 Å². The topological polar surface area (TPSA) is 52.3 Å². The van der Waals surface area contributed by atoms with Crippen LogP contribution in [-0.4, -0.2) is 13.0 Å². The second kappa shape index (κ2) is 3.89. The fraction of sp³-hybridized carbons (Fsp3) is 0.222. The summed E-state index contributed by atoms with van der Waals surface area (Å²) in [5.41, 5.74) is 5.62. The van der Waals surface area contributed by atoms with Gasteiger partial charge < -0.3 is 10.5 Å². The van der Waals surface area contributed by atoms with Crippen LogP contribution >= 0.6 is 0 Å². The lowest BCUT2D eigenvalue weighted by Crippen LogP contribution is -2.13. The lowest BCUT2D eigenvalue weighted by Gasteiger charge is -2.03. The third-order valence-electron chi connectivity index (χ3n) is 1.59. The average Bonchev–Trinajstić information content (AvgIpc) is 2.07. The van der Waals surface area contributed by atoms with Crippen molar-refractivity contribution < 1.29 is 13.9 Å². The van der Waals surface area contributed by atoms with E-state index >= 15 is 0 Å². The van der Waals surface area contributed by atoms with Crippen molar-refractivity contribution in [2.75, 3.05) is 7.11 Å². The molecule has 1 aromatic carbocycles. The first-order chi connectivity index (χ1) is 6.13. The molecular weight excluding hydrogens is 173 g/mol. The molecule has 2 N–H and O–H groups in total. The van der Waals surface area contributed by atoms with Crippen LogP contribution in [0.5, 0.6) is 5.75 Å². The minimum Gasteiger partial charge on any atom is -0.494 e. The Morgan fingerprint density at radius 3 is 2.85 bits per heavy atom. The minimum absolute atomic E-state index is 0.0939. The number of ether oxygens (including phenoxy) is 1. The van der Waals surface area contributed by atoms with E-state index < -0.39 is 11.7 Å². The fourth-order valence-corrected chi connectivity index (χ4v) is 1.02. The molecule has 0 radical (unpaired) electrons. The van der Waals surface area contributed by atoms with Gasteiger partial charge in [-0.15, -0.1) is 0 Å². The summed E-state index contributed by atoms with van der Waals surface area (Å²) >= 11 is 0. The number of methoxy groups -OCH3 is 1. The summed E-state index contributed by atoms with van der Waals surface area (Å²) in [4.78, 5) is 10.5. The number of hydrogen-bond acceptors (Lipinski definition) is 2. The van der Waals surface area contributed by atoms with Crippen LogP contribution < -0.4 is 10.5 Å². The summed E-state index contributed by atoms with van der Waals surface area (Å²) in [7, 11) is 1.37. The highest BCUT2D eigenvalue weighted by atomic mass is 19.1. The summed E-state index contributed by atoms with van der Waals surface area (Å²) in [5.74, 6) is -0.775. The summed E-state index contributed by atoms with van der Waals surface area (Å²) in [6.45, 7) is 0. The van der Waals surface area contributed by atoms with Crippen LogP contribution in [0.4, 0.5) is 4.39 Å². The fourth-order valence-electron chi connectivity index (χ4n) is 1.02. The molecule has 0 aromatic heterocycles. The molecular formula is C9H10FNO2. The Bertz CT molecular complexity index is 325. The number of carbonyl (C=O) groups is 1. The second-order valence-corrected chi connectivity index (χ2v) is 2.61. The third-order valence-corrected chi connectivity index (χ3v) is 1.59. The third kappa shape index (κ3) is 2.43. The predicted octanol–water partition coefficient (Wildman–Crippen LogP) is 0.862. The Morgan fingerprint density at radius 1 is 1.62 bits per heavy atom. The van der Waals surface area contributed by atoms with E-state index in [1.807, 2.05) is 0 Å². The van der Waals surface area contributed by atoms with Crippen molar-refractivity contribution >= 4 is 5.91 Å². The van der Waals surface area contributed by atoms with E-state index in [1.54, 1.807) is 0 Å². The monoisotopic (exact) mass is 183 g/mol. The zero-order valence-corrected chi connectivity index (χ0v) is 7.21. The average molecular weight is 183 g/mol. The molecule has 4 heteroatoms. The minimum atomic E-state index is -0.450.